The number of nitrogens with two attached hydrogens (primary N) is 1. The fourth-order valence-electron chi connectivity index (χ4n) is 2.04. The van der Waals surface area contributed by atoms with Crippen molar-refractivity contribution in [2.24, 2.45) is 10.2 Å². The molecule has 0 amide bonds. The Kier molecular flexibility index (Phi) is 5.63. The van der Waals surface area contributed by atoms with Crippen molar-refractivity contribution >= 4 is 29.0 Å². The van der Waals surface area contributed by atoms with E-state index < -0.39 is 0 Å². The first kappa shape index (κ1) is 16.1. The van der Waals surface area contributed by atoms with Crippen LogP contribution in [-0.4, -0.2) is 12.8 Å². The van der Waals surface area contributed by atoms with Crippen molar-refractivity contribution in [1.29, 1.82) is 0 Å². The predicted molar refractivity (Wildman–Crippen MR) is 97.6 cm³/mol. The van der Waals surface area contributed by atoms with Crippen LogP contribution in [0.2, 0.25) is 0 Å². The van der Waals surface area contributed by atoms with Crippen molar-refractivity contribution in [3.63, 3.8) is 0 Å². The molecule has 2 rings (SSSR count). The highest BCUT2D eigenvalue weighted by molar-refractivity contribution is 7.97. The summed E-state index contributed by atoms with van der Waals surface area (Å²) in [5.74, 6) is 0. The van der Waals surface area contributed by atoms with E-state index in [4.69, 9.17) is 5.14 Å². The third-order valence-corrected chi connectivity index (χ3v) is 3.75. The van der Waals surface area contributed by atoms with Crippen LogP contribution in [-0.2, 0) is 0 Å². The third kappa shape index (κ3) is 3.90. The molecule has 0 aromatic heterocycles. The van der Waals surface area contributed by atoms with Gasteiger partial charge in [-0.05, 0) is 60.8 Å². The lowest BCUT2D eigenvalue weighted by molar-refractivity contribution is 1.31. The Morgan fingerprint density at radius 2 is 1.95 bits per heavy atom. The molecule has 0 saturated heterocycles. The Morgan fingerprint density at radius 3 is 2.55 bits per heavy atom. The van der Waals surface area contributed by atoms with Gasteiger partial charge < -0.3 is 5.32 Å². The number of allylic oxidation sites excluding steroid dienone is 1. The van der Waals surface area contributed by atoms with Crippen molar-refractivity contribution in [3.8, 4) is 0 Å². The summed E-state index contributed by atoms with van der Waals surface area (Å²) in [4.78, 5) is 1.01. The number of hydrogen-bond donors (Lipinski definition) is 3. The van der Waals surface area contributed by atoms with Gasteiger partial charge in [0.05, 0.1) is 11.4 Å². The van der Waals surface area contributed by atoms with Crippen LogP contribution in [0.1, 0.15) is 11.1 Å². The summed E-state index contributed by atoms with van der Waals surface area (Å²) >= 11 is 1.22. The number of rotatable bonds is 6. The van der Waals surface area contributed by atoms with E-state index in [0.717, 1.165) is 27.5 Å². The maximum atomic E-state index is 5.51. The Morgan fingerprint density at radius 1 is 1.23 bits per heavy atom. The molecule has 22 heavy (non-hydrogen) atoms. The second kappa shape index (κ2) is 7.68. The van der Waals surface area contributed by atoms with E-state index in [9.17, 15) is 0 Å². The number of aryl methyl sites for hydroxylation is 1. The Bertz CT molecular complexity index is 678. The van der Waals surface area contributed by atoms with Crippen molar-refractivity contribution in [2.45, 2.75) is 11.8 Å². The van der Waals surface area contributed by atoms with Gasteiger partial charge in [-0.15, -0.1) is 0 Å². The molecule has 0 aliphatic carbocycles. The Labute approximate surface area is 135 Å². The monoisotopic (exact) mass is 312 g/mol. The fourth-order valence-corrected chi connectivity index (χ4v) is 2.33. The van der Waals surface area contributed by atoms with E-state index in [1.807, 2.05) is 37.4 Å². The van der Waals surface area contributed by atoms with Crippen LogP contribution in [0.4, 0.5) is 11.4 Å². The lowest BCUT2D eigenvalue weighted by Gasteiger charge is -2.11. The molecule has 0 fully saturated rings. The summed E-state index contributed by atoms with van der Waals surface area (Å²) in [6.07, 6.45) is 1.74. The molecule has 0 heterocycles. The van der Waals surface area contributed by atoms with Gasteiger partial charge in [0.1, 0.15) is 0 Å². The van der Waals surface area contributed by atoms with Gasteiger partial charge in [0.25, 0.3) is 0 Å². The molecular weight excluding hydrogens is 292 g/mol. The molecule has 0 aliphatic heterocycles. The van der Waals surface area contributed by atoms with Gasteiger partial charge in [-0.3, -0.25) is 10.6 Å². The average Bonchev–Trinajstić information content (AvgIpc) is 2.56. The van der Waals surface area contributed by atoms with Gasteiger partial charge in [-0.25, -0.2) is 0 Å². The maximum absolute atomic E-state index is 5.51. The Hall–Kier alpha value is -2.24. The topological polar surface area (TPSA) is 62.4 Å². The van der Waals surface area contributed by atoms with E-state index in [0.29, 0.717) is 0 Å². The summed E-state index contributed by atoms with van der Waals surface area (Å²) in [7, 11) is 1.90. The molecule has 0 spiro atoms. The molecule has 2 aromatic rings. The largest absolute Gasteiger partial charge is 0.388 e. The molecule has 4 N–H and O–H groups in total. The van der Waals surface area contributed by atoms with E-state index >= 15 is 0 Å². The molecule has 114 valence electrons. The molecule has 0 atom stereocenters. The van der Waals surface area contributed by atoms with E-state index in [1.54, 1.807) is 6.08 Å². The van der Waals surface area contributed by atoms with Gasteiger partial charge >= 0.3 is 0 Å². The van der Waals surface area contributed by atoms with Gasteiger partial charge in [0.15, 0.2) is 0 Å². The zero-order valence-corrected chi connectivity index (χ0v) is 13.6. The van der Waals surface area contributed by atoms with Gasteiger partial charge in [0, 0.05) is 23.2 Å². The van der Waals surface area contributed by atoms with Crippen LogP contribution in [0.15, 0.2) is 65.1 Å². The zero-order valence-electron chi connectivity index (χ0n) is 12.8. The molecule has 0 unspecified atom stereocenters. The van der Waals surface area contributed by atoms with Gasteiger partial charge in [-0.2, -0.15) is 5.10 Å². The molecule has 0 bridgehead atoms. The van der Waals surface area contributed by atoms with E-state index in [-0.39, 0.29) is 0 Å². The first-order chi connectivity index (χ1) is 10.7. The number of nitrogens with one attached hydrogen (secondary N) is 2. The van der Waals surface area contributed by atoms with Crippen molar-refractivity contribution in [1.82, 2.24) is 0 Å². The number of hydrazone groups is 1. The minimum atomic E-state index is 0.779. The van der Waals surface area contributed by atoms with Crippen molar-refractivity contribution < 1.29 is 0 Å². The first-order valence-electron chi connectivity index (χ1n) is 6.89. The van der Waals surface area contributed by atoms with E-state index in [1.165, 1.54) is 17.5 Å². The summed E-state index contributed by atoms with van der Waals surface area (Å²) in [5.41, 5.74) is 7.95. The number of anilines is 2. The minimum absolute atomic E-state index is 0.779. The Balaban J connectivity index is 2.25. The van der Waals surface area contributed by atoms with Crippen LogP contribution < -0.4 is 15.9 Å². The molecule has 0 aliphatic rings. The first-order valence-corrected chi connectivity index (χ1v) is 7.77. The van der Waals surface area contributed by atoms with Crippen LogP contribution in [0.25, 0.3) is 0 Å². The molecule has 5 heteroatoms. The second-order valence-electron chi connectivity index (χ2n) is 4.75. The van der Waals surface area contributed by atoms with Crippen LogP contribution in [0, 0.1) is 6.92 Å². The van der Waals surface area contributed by atoms with Gasteiger partial charge in [-0.1, -0.05) is 18.7 Å². The van der Waals surface area contributed by atoms with Crippen LogP contribution in [0.3, 0.4) is 0 Å². The summed E-state index contributed by atoms with van der Waals surface area (Å²) in [6, 6.07) is 13.9. The molecule has 0 radical (unpaired) electrons. The van der Waals surface area contributed by atoms with E-state index in [2.05, 4.69) is 41.5 Å². The lowest BCUT2D eigenvalue weighted by atomic mass is 10.1. The third-order valence-electron chi connectivity index (χ3n) is 3.21. The molecule has 0 saturated carbocycles. The molecule has 4 nitrogen and oxygen atoms in total. The summed E-state index contributed by atoms with van der Waals surface area (Å²) < 4.78 is 0. The lowest BCUT2D eigenvalue weighted by Crippen LogP contribution is -2.05. The average molecular weight is 312 g/mol. The highest BCUT2D eigenvalue weighted by Gasteiger charge is 2.06. The van der Waals surface area contributed by atoms with Gasteiger partial charge in [0.2, 0.25) is 0 Å². The zero-order chi connectivity index (χ0) is 15.9. The highest BCUT2D eigenvalue weighted by Crippen LogP contribution is 2.19. The SMILES string of the molecule is C=C/C(=N\Nc1ccc(SN)cc1)c1ccc(C)cc1NC. The predicted octanol–water partition coefficient (Wildman–Crippen LogP) is 4.00. The maximum Gasteiger partial charge on any atom is 0.0920 e. The molecule has 2 aromatic carbocycles. The summed E-state index contributed by atoms with van der Waals surface area (Å²) in [5, 5.41) is 13.2. The second-order valence-corrected chi connectivity index (χ2v) is 5.46. The van der Waals surface area contributed by atoms with Crippen LogP contribution >= 0.6 is 11.9 Å². The van der Waals surface area contributed by atoms with Crippen LogP contribution in [0.5, 0.6) is 0 Å². The number of nitrogens with zero attached hydrogens (tertiary/aromatic N) is 1. The highest BCUT2D eigenvalue weighted by atomic mass is 32.2. The summed E-state index contributed by atoms with van der Waals surface area (Å²) in [6.45, 7) is 5.92. The quantitative estimate of drug-likeness (QED) is 0.428. The number of benzene rings is 2. The standard InChI is InChI=1S/C17H20N4S/c1-4-16(15-10-5-12(2)11-17(15)19-3)21-20-13-6-8-14(22-18)9-7-13/h4-11,19-20H,1,18H2,2-3H3/b21-16+. The minimum Gasteiger partial charge on any atom is -0.388 e. The normalized spacial score (nSPS) is 11.1. The smallest absolute Gasteiger partial charge is 0.0920 e. The van der Waals surface area contributed by atoms with Crippen molar-refractivity contribution in [3.05, 3.63) is 66.2 Å². The molecular formula is C17H20N4S. The number of hydrogen-bond acceptors (Lipinski definition) is 5. The fraction of sp³-hybridized carbons (Fsp3) is 0.118. The van der Waals surface area contributed by atoms with Crippen molar-refractivity contribution in [2.75, 3.05) is 17.8 Å².